The van der Waals surface area contributed by atoms with Crippen LogP contribution >= 0.6 is 0 Å². The number of sulfonamides is 1. The van der Waals surface area contributed by atoms with Gasteiger partial charge in [0.05, 0.1) is 16.3 Å². The summed E-state index contributed by atoms with van der Waals surface area (Å²) >= 11 is 0. The molecule has 0 aliphatic rings. The molecule has 10 heteroatoms. The Bertz CT molecular complexity index is 1000. The number of ether oxygens (including phenoxy) is 1. The van der Waals surface area contributed by atoms with Gasteiger partial charge in [0, 0.05) is 13.0 Å². The first-order valence-electron chi connectivity index (χ1n) is 9.10. The molecule has 0 saturated heterocycles. The molecule has 30 heavy (non-hydrogen) atoms. The molecule has 3 N–H and O–H groups in total. The lowest BCUT2D eigenvalue weighted by Crippen LogP contribution is -2.29. The maximum absolute atomic E-state index is 13.6. The minimum absolute atomic E-state index is 0.0248. The molecule has 0 fully saturated rings. The van der Waals surface area contributed by atoms with Gasteiger partial charge in [-0.25, -0.2) is 22.3 Å². The molecule has 0 atom stereocenters. The Hall–Kier alpha value is -2.98. The number of hydrogen-bond acceptors (Lipinski definition) is 5. The fourth-order valence-corrected chi connectivity index (χ4v) is 3.39. The first kappa shape index (κ1) is 23.3. The van der Waals surface area contributed by atoms with Crippen LogP contribution in [0.4, 0.5) is 20.6 Å². The summed E-state index contributed by atoms with van der Waals surface area (Å²) in [4.78, 5) is 24.2. The van der Waals surface area contributed by atoms with E-state index in [4.69, 9.17) is 4.74 Å². The smallest absolute Gasteiger partial charge is 0.412 e. The molecule has 0 radical (unpaired) electrons. The van der Waals surface area contributed by atoms with E-state index in [-0.39, 0.29) is 29.2 Å². The van der Waals surface area contributed by atoms with E-state index in [1.54, 1.807) is 39.0 Å². The quantitative estimate of drug-likeness (QED) is 0.614. The molecule has 2 aromatic rings. The summed E-state index contributed by atoms with van der Waals surface area (Å²) in [5, 5.41) is 4.91. The van der Waals surface area contributed by atoms with E-state index >= 15 is 0 Å². The van der Waals surface area contributed by atoms with Gasteiger partial charge in [-0.05, 0) is 51.1 Å². The van der Waals surface area contributed by atoms with E-state index in [1.807, 2.05) is 0 Å². The van der Waals surface area contributed by atoms with E-state index in [1.165, 1.54) is 18.2 Å². The van der Waals surface area contributed by atoms with Crippen LogP contribution in [0, 0.1) is 5.82 Å². The first-order valence-corrected chi connectivity index (χ1v) is 10.6. The van der Waals surface area contributed by atoms with Crippen LogP contribution in [-0.4, -0.2) is 32.6 Å². The van der Waals surface area contributed by atoms with E-state index in [9.17, 15) is 22.4 Å². The van der Waals surface area contributed by atoms with Crippen LogP contribution in [0.1, 0.15) is 27.2 Å². The highest BCUT2D eigenvalue weighted by Gasteiger charge is 2.18. The third kappa shape index (κ3) is 7.45. The minimum atomic E-state index is -3.74. The second-order valence-electron chi connectivity index (χ2n) is 7.33. The van der Waals surface area contributed by atoms with Gasteiger partial charge in [0.25, 0.3) is 0 Å². The van der Waals surface area contributed by atoms with Crippen LogP contribution in [0.25, 0.3) is 0 Å². The van der Waals surface area contributed by atoms with Gasteiger partial charge in [0.15, 0.2) is 0 Å². The molecule has 0 aliphatic carbocycles. The van der Waals surface area contributed by atoms with E-state index in [0.29, 0.717) is 0 Å². The zero-order valence-corrected chi connectivity index (χ0v) is 17.7. The van der Waals surface area contributed by atoms with Crippen LogP contribution < -0.4 is 15.4 Å². The van der Waals surface area contributed by atoms with E-state index in [2.05, 4.69) is 15.4 Å². The summed E-state index contributed by atoms with van der Waals surface area (Å²) in [6.07, 6.45) is -0.964. The van der Waals surface area contributed by atoms with E-state index < -0.39 is 33.4 Å². The van der Waals surface area contributed by atoms with Gasteiger partial charge in [-0.3, -0.25) is 10.1 Å². The number of carbonyl (C=O) groups excluding carboxylic acids is 2. The third-order valence-electron chi connectivity index (χ3n) is 3.59. The highest BCUT2D eigenvalue weighted by molar-refractivity contribution is 7.89. The molecule has 162 valence electrons. The predicted molar refractivity (Wildman–Crippen MR) is 111 cm³/mol. The fraction of sp³-hybridized carbons (Fsp3) is 0.300. The molecule has 0 aliphatic heterocycles. The highest BCUT2D eigenvalue weighted by atomic mass is 32.2. The van der Waals surface area contributed by atoms with Gasteiger partial charge in [-0.1, -0.05) is 18.2 Å². The van der Waals surface area contributed by atoms with Crippen molar-refractivity contribution in [3.05, 3.63) is 54.3 Å². The van der Waals surface area contributed by atoms with Crippen molar-refractivity contribution in [1.29, 1.82) is 0 Å². The summed E-state index contributed by atoms with van der Waals surface area (Å²) in [5.74, 6) is -1.19. The summed E-state index contributed by atoms with van der Waals surface area (Å²) in [7, 11) is -3.74. The number of rotatable bonds is 7. The monoisotopic (exact) mass is 437 g/mol. The standard InChI is InChI=1S/C20H24FN3O5S/c1-20(2,3)29-19(26)24-16-10-9-14(21)13-17(16)23-18(25)11-12-22-30(27,28)15-7-5-4-6-8-15/h4-10,13,22H,11-12H2,1-3H3,(H,23,25)(H,24,26). The van der Waals surface area contributed by atoms with Crippen LogP contribution in [0.5, 0.6) is 0 Å². The van der Waals surface area contributed by atoms with Crippen LogP contribution in [0.3, 0.4) is 0 Å². The molecule has 0 unspecified atom stereocenters. The SMILES string of the molecule is CC(C)(C)OC(=O)Nc1ccc(F)cc1NC(=O)CCNS(=O)(=O)c1ccccc1. The molecule has 0 bridgehead atoms. The Morgan fingerprint density at radius 1 is 1.00 bits per heavy atom. The average Bonchev–Trinajstić information content (AvgIpc) is 2.63. The van der Waals surface area contributed by atoms with Crippen molar-refractivity contribution in [3.8, 4) is 0 Å². The molecule has 0 saturated carbocycles. The summed E-state index contributed by atoms with van der Waals surface area (Å²) in [6, 6.07) is 11.2. The average molecular weight is 437 g/mol. The van der Waals surface area contributed by atoms with Gasteiger partial charge in [-0.2, -0.15) is 0 Å². The predicted octanol–water partition coefficient (Wildman–Crippen LogP) is 3.48. The van der Waals surface area contributed by atoms with Crippen molar-refractivity contribution >= 4 is 33.4 Å². The molecule has 2 aromatic carbocycles. The molecule has 0 spiro atoms. The Morgan fingerprint density at radius 3 is 2.30 bits per heavy atom. The van der Waals surface area contributed by atoms with Crippen molar-refractivity contribution in [1.82, 2.24) is 4.72 Å². The Balaban J connectivity index is 1.97. The number of carbonyl (C=O) groups is 2. The third-order valence-corrected chi connectivity index (χ3v) is 5.07. The molecule has 8 nitrogen and oxygen atoms in total. The number of benzene rings is 2. The van der Waals surface area contributed by atoms with Gasteiger partial charge in [-0.15, -0.1) is 0 Å². The van der Waals surface area contributed by atoms with Gasteiger partial charge >= 0.3 is 6.09 Å². The summed E-state index contributed by atoms with van der Waals surface area (Å²) in [6.45, 7) is 4.91. The molecule has 2 rings (SSSR count). The minimum Gasteiger partial charge on any atom is -0.444 e. The lowest BCUT2D eigenvalue weighted by atomic mass is 10.2. The number of anilines is 2. The second-order valence-corrected chi connectivity index (χ2v) is 9.09. The maximum Gasteiger partial charge on any atom is 0.412 e. The zero-order chi connectivity index (χ0) is 22.4. The molecule has 0 heterocycles. The maximum atomic E-state index is 13.6. The van der Waals surface area contributed by atoms with E-state index in [0.717, 1.165) is 12.1 Å². The van der Waals surface area contributed by atoms with Crippen LogP contribution in [-0.2, 0) is 19.6 Å². The topological polar surface area (TPSA) is 114 Å². The Kier molecular flexibility index (Phi) is 7.52. The number of nitrogens with one attached hydrogen (secondary N) is 3. The van der Waals surface area contributed by atoms with Crippen molar-refractivity contribution < 1.29 is 27.1 Å². The molecule has 2 amide bonds. The highest BCUT2D eigenvalue weighted by Crippen LogP contribution is 2.24. The normalized spacial score (nSPS) is 11.6. The summed E-state index contributed by atoms with van der Waals surface area (Å²) < 4.78 is 45.4. The molecular weight excluding hydrogens is 413 g/mol. The lowest BCUT2D eigenvalue weighted by Gasteiger charge is -2.20. The Morgan fingerprint density at radius 2 is 1.67 bits per heavy atom. The van der Waals surface area contributed by atoms with Gasteiger partial charge in [0.1, 0.15) is 11.4 Å². The lowest BCUT2D eigenvalue weighted by molar-refractivity contribution is -0.116. The molecular formula is C20H24FN3O5S. The molecule has 0 aromatic heterocycles. The number of hydrogen-bond donors (Lipinski definition) is 3. The first-order chi connectivity index (χ1) is 14.0. The van der Waals surface area contributed by atoms with Crippen molar-refractivity contribution in [3.63, 3.8) is 0 Å². The number of halogens is 1. The van der Waals surface area contributed by atoms with Crippen molar-refractivity contribution in [2.24, 2.45) is 0 Å². The fourth-order valence-electron chi connectivity index (χ4n) is 2.34. The van der Waals surface area contributed by atoms with Gasteiger partial charge in [0.2, 0.25) is 15.9 Å². The van der Waals surface area contributed by atoms with Crippen LogP contribution in [0.15, 0.2) is 53.4 Å². The van der Waals surface area contributed by atoms with Crippen molar-refractivity contribution in [2.75, 3.05) is 17.2 Å². The number of amides is 2. The van der Waals surface area contributed by atoms with Crippen molar-refractivity contribution in [2.45, 2.75) is 37.7 Å². The van der Waals surface area contributed by atoms with Gasteiger partial charge < -0.3 is 10.1 Å². The second kappa shape index (κ2) is 9.68. The zero-order valence-electron chi connectivity index (χ0n) is 16.9. The van der Waals surface area contributed by atoms with Crippen LogP contribution in [0.2, 0.25) is 0 Å². The summed E-state index contributed by atoms with van der Waals surface area (Å²) in [5.41, 5.74) is -0.565. The largest absolute Gasteiger partial charge is 0.444 e. The Labute approximate surface area is 174 Å².